The number of hydrogen-bond donors (Lipinski definition) is 3. The summed E-state index contributed by atoms with van der Waals surface area (Å²) in [6.45, 7) is 5.70. The first-order valence-corrected chi connectivity index (χ1v) is 10.4. The number of fused-ring (bicyclic) bond motifs is 3. The van der Waals surface area contributed by atoms with Crippen LogP contribution in [-0.4, -0.2) is 15.9 Å². The molecule has 1 aliphatic rings. The topological polar surface area (TPSA) is 86.9 Å². The zero-order valence-corrected chi connectivity index (χ0v) is 17.1. The van der Waals surface area contributed by atoms with Crippen LogP contribution in [0, 0.1) is 5.92 Å². The molecule has 1 aromatic carbocycles. The summed E-state index contributed by atoms with van der Waals surface area (Å²) in [7, 11) is 0. The standard InChI is InChI=1S/C21H24N4O2S/c1-11-7-8-16-17(9-11)28-21-18(16)20(27)24-19(25-21)12(2)22-14-5-4-6-15(10-14)23-13(3)26/h4-6,10-12,22H,7-9H2,1-3H3,(H,23,26)(H,24,25,27)/t11-,12+/m1/s1. The summed E-state index contributed by atoms with van der Waals surface area (Å²) in [5, 5.41) is 6.90. The summed E-state index contributed by atoms with van der Waals surface area (Å²) in [6.07, 6.45) is 3.13. The third-order valence-corrected chi connectivity index (χ3v) is 6.31. The molecule has 146 valence electrons. The SMILES string of the molecule is CC(=O)Nc1cccc(N[C@@H](C)c2nc3sc4c(c3c(=O)[nH]2)CC[C@@H](C)C4)c1. The largest absolute Gasteiger partial charge is 0.375 e. The van der Waals surface area contributed by atoms with Gasteiger partial charge in [-0.05, 0) is 55.9 Å². The number of anilines is 2. The summed E-state index contributed by atoms with van der Waals surface area (Å²) >= 11 is 1.66. The van der Waals surface area contributed by atoms with Crippen LogP contribution in [0.5, 0.6) is 0 Å². The van der Waals surface area contributed by atoms with Gasteiger partial charge in [0.1, 0.15) is 10.7 Å². The van der Waals surface area contributed by atoms with Crippen LogP contribution < -0.4 is 16.2 Å². The Balaban J connectivity index is 1.62. The lowest BCUT2D eigenvalue weighted by atomic mass is 9.89. The van der Waals surface area contributed by atoms with Crippen molar-refractivity contribution in [1.82, 2.24) is 9.97 Å². The van der Waals surface area contributed by atoms with E-state index < -0.39 is 0 Å². The molecule has 0 unspecified atom stereocenters. The van der Waals surface area contributed by atoms with Crippen LogP contribution in [0.2, 0.25) is 0 Å². The normalized spacial score (nSPS) is 17.2. The molecule has 0 spiro atoms. The third-order valence-electron chi connectivity index (χ3n) is 5.16. The number of H-pyrrole nitrogens is 1. The maximum Gasteiger partial charge on any atom is 0.259 e. The first-order valence-electron chi connectivity index (χ1n) is 9.59. The smallest absolute Gasteiger partial charge is 0.259 e. The average Bonchev–Trinajstić information content (AvgIpc) is 2.99. The molecule has 0 fully saturated rings. The number of carbonyl (C=O) groups excluding carboxylic acids is 1. The molecule has 3 N–H and O–H groups in total. The van der Waals surface area contributed by atoms with Gasteiger partial charge in [-0.25, -0.2) is 4.98 Å². The summed E-state index contributed by atoms with van der Waals surface area (Å²) in [6, 6.07) is 7.31. The minimum Gasteiger partial charge on any atom is -0.375 e. The molecule has 0 radical (unpaired) electrons. The maximum atomic E-state index is 12.8. The van der Waals surface area contributed by atoms with Crippen LogP contribution in [0.4, 0.5) is 11.4 Å². The van der Waals surface area contributed by atoms with Gasteiger partial charge >= 0.3 is 0 Å². The van der Waals surface area contributed by atoms with E-state index in [4.69, 9.17) is 4.98 Å². The quantitative estimate of drug-likeness (QED) is 0.616. The van der Waals surface area contributed by atoms with E-state index in [9.17, 15) is 9.59 Å². The summed E-state index contributed by atoms with van der Waals surface area (Å²) in [5.74, 6) is 1.17. The molecule has 1 amide bonds. The fourth-order valence-electron chi connectivity index (χ4n) is 3.78. The van der Waals surface area contributed by atoms with Gasteiger partial charge in [0.05, 0.1) is 11.4 Å². The minimum atomic E-state index is -0.178. The van der Waals surface area contributed by atoms with Crippen molar-refractivity contribution >= 4 is 38.8 Å². The molecule has 2 atom stereocenters. The Kier molecular flexibility index (Phi) is 4.93. The second kappa shape index (κ2) is 7.39. The molecule has 0 saturated carbocycles. The molecule has 0 saturated heterocycles. The van der Waals surface area contributed by atoms with E-state index in [1.54, 1.807) is 11.3 Å². The van der Waals surface area contributed by atoms with Crippen LogP contribution in [0.15, 0.2) is 29.1 Å². The Hall–Kier alpha value is -2.67. The van der Waals surface area contributed by atoms with Crippen molar-refractivity contribution in [3.63, 3.8) is 0 Å². The van der Waals surface area contributed by atoms with Crippen LogP contribution in [0.1, 0.15) is 49.5 Å². The van der Waals surface area contributed by atoms with Gasteiger partial charge < -0.3 is 15.6 Å². The zero-order valence-electron chi connectivity index (χ0n) is 16.3. The van der Waals surface area contributed by atoms with Gasteiger partial charge in [-0.15, -0.1) is 11.3 Å². The molecule has 7 heteroatoms. The molecule has 2 heterocycles. The number of aromatic amines is 1. The van der Waals surface area contributed by atoms with E-state index >= 15 is 0 Å². The number of nitrogens with zero attached hydrogens (tertiary/aromatic N) is 1. The lowest BCUT2D eigenvalue weighted by Gasteiger charge is -2.17. The second-order valence-corrected chi connectivity index (χ2v) is 8.69. The number of aryl methyl sites for hydroxylation is 1. The number of thiophene rings is 1. The molecule has 0 bridgehead atoms. The highest BCUT2D eigenvalue weighted by Gasteiger charge is 2.23. The van der Waals surface area contributed by atoms with Crippen molar-refractivity contribution in [2.45, 2.75) is 46.1 Å². The van der Waals surface area contributed by atoms with E-state index in [0.717, 1.165) is 40.9 Å². The first kappa shape index (κ1) is 18.7. The highest BCUT2D eigenvalue weighted by atomic mass is 32.1. The van der Waals surface area contributed by atoms with Crippen LogP contribution in [0.3, 0.4) is 0 Å². The van der Waals surface area contributed by atoms with Gasteiger partial charge in [0.25, 0.3) is 5.56 Å². The van der Waals surface area contributed by atoms with E-state index in [-0.39, 0.29) is 17.5 Å². The highest BCUT2D eigenvalue weighted by molar-refractivity contribution is 7.18. The molecule has 4 rings (SSSR count). The van der Waals surface area contributed by atoms with Crippen molar-refractivity contribution in [2.24, 2.45) is 5.92 Å². The van der Waals surface area contributed by atoms with Gasteiger partial charge in [-0.2, -0.15) is 0 Å². The zero-order chi connectivity index (χ0) is 19.8. The monoisotopic (exact) mass is 396 g/mol. The van der Waals surface area contributed by atoms with Crippen molar-refractivity contribution < 1.29 is 4.79 Å². The molecule has 1 aliphatic carbocycles. The van der Waals surface area contributed by atoms with Crippen molar-refractivity contribution in [3.8, 4) is 0 Å². The maximum absolute atomic E-state index is 12.8. The highest BCUT2D eigenvalue weighted by Crippen LogP contribution is 2.36. The molecular weight excluding hydrogens is 372 g/mol. The van der Waals surface area contributed by atoms with Gasteiger partial charge in [-0.1, -0.05) is 13.0 Å². The van der Waals surface area contributed by atoms with Gasteiger partial charge in [-0.3, -0.25) is 9.59 Å². The van der Waals surface area contributed by atoms with E-state index in [2.05, 4.69) is 22.5 Å². The molecule has 0 aliphatic heterocycles. The lowest BCUT2D eigenvalue weighted by molar-refractivity contribution is -0.114. The van der Waals surface area contributed by atoms with Gasteiger partial charge in [0, 0.05) is 23.2 Å². The van der Waals surface area contributed by atoms with E-state index in [1.807, 2.05) is 31.2 Å². The van der Waals surface area contributed by atoms with Gasteiger partial charge in [0.15, 0.2) is 0 Å². The van der Waals surface area contributed by atoms with Gasteiger partial charge in [0.2, 0.25) is 5.91 Å². The number of carbonyl (C=O) groups is 1. The predicted molar refractivity (Wildman–Crippen MR) is 114 cm³/mol. The number of rotatable bonds is 4. The Morgan fingerprint density at radius 3 is 2.93 bits per heavy atom. The van der Waals surface area contributed by atoms with Crippen LogP contribution in [-0.2, 0) is 17.6 Å². The fourth-order valence-corrected chi connectivity index (χ4v) is 5.17. The molecule has 2 aromatic heterocycles. The van der Waals surface area contributed by atoms with E-state index in [0.29, 0.717) is 11.7 Å². The number of amides is 1. The lowest BCUT2D eigenvalue weighted by Crippen LogP contribution is -2.18. The van der Waals surface area contributed by atoms with Crippen molar-refractivity contribution in [3.05, 3.63) is 50.9 Å². The first-order chi connectivity index (χ1) is 13.4. The Labute approximate surface area is 167 Å². The Bertz CT molecular complexity index is 1100. The minimum absolute atomic E-state index is 0.0484. The number of nitrogens with one attached hydrogen (secondary N) is 3. The van der Waals surface area contributed by atoms with E-state index in [1.165, 1.54) is 17.4 Å². The second-order valence-electron chi connectivity index (χ2n) is 7.61. The summed E-state index contributed by atoms with van der Waals surface area (Å²) in [5.41, 5.74) is 2.72. The number of benzene rings is 1. The Morgan fingerprint density at radius 1 is 1.36 bits per heavy atom. The predicted octanol–water partition coefficient (Wildman–Crippen LogP) is 4.24. The molecule has 6 nitrogen and oxygen atoms in total. The van der Waals surface area contributed by atoms with Crippen molar-refractivity contribution in [2.75, 3.05) is 10.6 Å². The number of aromatic nitrogens is 2. The summed E-state index contributed by atoms with van der Waals surface area (Å²) < 4.78 is 0. The van der Waals surface area contributed by atoms with Crippen molar-refractivity contribution in [1.29, 1.82) is 0 Å². The average molecular weight is 397 g/mol. The molecule has 3 aromatic rings. The third kappa shape index (κ3) is 3.67. The summed E-state index contributed by atoms with van der Waals surface area (Å²) in [4.78, 5) is 33.9. The molecule has 28 heavy (non-hydrogen) atoms. The molecular formula is C21H24N4O2S. The fraction of sp³-hybridized carbons (Fsp3) is 0.381. The Morgan fingerprint density at radius 2 is 2.14 bits per heavy atom. The van der Waals surface area contributed by atoms with Crippen LogP contribution in [0.25, 0.3) is 10.2 Å². The number of hydrogen-bond acceptors (Lipinski definition) is 5. The van der Waals surface area contributed by atoms with Crippen LogP contribution >= 0.6 is 11.3 Å².